The summed E-state index contributed by atoms with van der Waals surface area (Å²) in [5.74, 6) is 0.0403. The number of hydrogen-bond acceptors (Lipinski definition) is 3. The molecule has 4 heteroatoms. The molecule has 11 heavy (non-hydrogen) atoms. The molecule has 0 aromatic heterocycles. The first-order valence-corrected chi connectivity index (χ1v) is 3.97. The average molecular weight is 157 g/mol. The molecule has 0 aromatic carbocycles. The van der Waals surface area contributed by atoms with Crippen LogP contribution in [0.25, 0.3) is 0 Å². The third-order valence-electron chi connectivity index (χ3n) is 1.71. The number of nitrogens with one attached hydrogen (secondary N) is 3. The Labute approximate surface area is 66.7 Å². The van der Waals surface area contributed by atoms with Crippen LogP contribution in [0.4, 0.5) is 0 Å². The van der Waals surface area contributed by atoms with Crippen molar-refractivity contribution in [2.24, 2.45) is 0 Å². The van der Waals surface area contributed by atoms with Crippen molar-refractivity contribution in [2.75, 3.05) is 26.2 Å². The van der Waals surface area contributed by atoms with Gasteiger partial charge in [0.1, 0.15) is 0 Å². The number of carbonyl (C=O) groups is 1. The zero-order valence-electron chi connectivity index (χ0n) is 6.81. The summed E-state index contributed by atoms with van der Waals surface area (Å²) in [6, 6.07) is 0.615. The Morgan fingerprint density at radius 3 is 2.73 bits per heavy atom. The molecule has 64 valence electrons. The van der Waals surface area contributed by atoms with E-state index in [2.05, 4.69) is 16.0 Å². The summed E-state index contributed by atoms with van der Waals surface area (Å²) in [7, 11) is 0. The minimum Gasteiger partial charge on any atom is -0.355 e. The van der Waals surface area contributed by atoms with Crippen LogP contribution in [0.2, 0.25) is 0 Å². The van der Waals surface area contributed by atoms with Gasteiger partial charge in [-0.2, -0.15) is 0 Å². The van der Waals surface area contributed by atoms with E-state index in [0.29, 0.717) is 6.04 Å². The summed E-state index contributed by atoms with van der Waals surface area (Å²) in [4.78, 5) is 10.4. The maximum atomic E-state index is 10.4. The van der Waals surface area contributed by atoms with Crippen LogP contribution in [0, 0.1) is 0 Å². The highest BCUT2D eigenvalue weighted by Crippen LogP contribution is 1.87. The largest absolute Gasteiger partial charge is 0.355 e. The van der Waals surface area contributed by atoms with Crippen LogP contribution >= 0.6 is 0 Å². The third-order valence-corrected chi connectivity index (χ3v) is 1.71. The molecule has 1 saturated heterocycles. The van der Waals surface area contributed by atoms with E-state index in [1.807, 2.05) is 0 Å². The van der Waals surface area contributed by atoms with Gasteiger partial charge in [0, 0.05) is 39.1 Å². The first-order valence-electron chi connectivity index (χ1n) is 3.97. The second kappa shape index (κ2) is 4.31. The molecule has 1 fully saturated rings. The van der Waals surface area contributed by atoms with Gasteiger partial charge in [0.15, 0.2) is 0 Å². The smallest absolute Gasteiger partial charge is 0.216 e. The highest BCUT2D eigenvalue weighted by molar-refractivity contribution is 5.72. The fourth-order valence-electron chi connectivity index (χ4n) is 0.948. The van der Waals surface area contributed by atoms with Gasteiger partial charge in [-0.15, -0.1) is 0 Å². The highest BCUT2D eigenvalue weighted by Gasteiger charge is 2.14. The van der Waals surface area contributed by atoms with Gasteiger partial charge in [0.05, 0.1) is 0 Å². The summed E-state index contributed by atoms with van der Waals surface area (Å²) >= 11 is 0. The summed E-state index contributed by atoms with van der Waals surface area (Å²) in [6.07, 6.45) is 0. The summed E-state index contributed by atoms with van der Waals surface area (Å²) in [5.41, 5.74) is 0. The van der Waals surface area contributed by atoms with E-state index < -0.39 is 0 Å². The molecule has 0 saturated carbocycles. The van der Waals surface area contributed by atoms with Crippen LogP contribution in [0.15, 0.2) is 0 Å². The van der Waals surface area contributed by atoms with Crippen molar-refractivity contribution in [1.29, 1.82) is 0 Å². The maximum Gasteiger partial charge on any atom is 0.216 e. The quantitative estimate of drug-likeness (QED) is 0.444. The zero-order valence-corrected chi connectivity index (χ0v) is 6.81. The molecule has 0 spiro atoms. The third kappa shape index (κ3) is 3.34. The van der Waals surface area contributed by atoms with Crippen molar-refractivity contribution in [3.63, 3.8) is 0 Å². The number of carbonyl (C=O) groups excluding carboxylic acids is 1. The molecule has 1 rings (SSSR count). The summed E-state index contributed by atoms with van der Waals surface area (Å²) in [6.45, 7) is 5.24. The van der Waals surface area contributed by atoms with Crippen LogP contribution in [-0.4, -0.2) is 38.1 Å². The lowest BCUT2D eigenvalue weighted by atomic mass is 10.2. The maximum absolute atomic E-state index is 10.4. The predicted molar refractivity (Wildman–Crippen MR) is 43.3 cm³/mol. The fraction of sp³-hybridized carbons (Fsp3) is 0.857. The minimum atomic E-state index is 0.0403. The SMILES string of the molecule is CC(=O)NCCNC1CNC1. The van der Waals surface area contributed by atoms with Gasteiger partial charge in [-0.3, -0.25) is 4.79 Å². The van der Waals surface area contributed by atoms with Gasteiger partial charge >= 0.3 is 0 Å². The van der Waals surface area contributed by atoms with E-state index in [9.17, 15) is 4.79 Å². The molecule has 3 N–H and O–H groups in total. The molecule has 0 radical (unpaired) electrons. The zero-order chi connectivity index (χ0) is 8.10. The Bertz CT molecular complexity index is 134. The normalized spacial score (nSPS) is 17.5. The lowest BCUT2D eigenvalue weighted by molar-refractivity contribution is -0.118. The molecule has 0 bridgehead atoms. The van der Waals surface area contributed by atoms with Gasteiger partial charge in [-0.25, -0.2) is 0 Å². The molecule has 1 amide bonds. The average Bonchev–Trinajstić information content (AvgIpc) is 1.82. The van der Waals surface area contributed by atoms with Crippen LogP contribution in [0.1, 0.15) is 6.92 Å². The van der Waals surface area contributed by atoms with Crippen molar-refractivity contribution in [3.8, 4) is 0 Å². The van der Waals surface area contributed by atoms with E-state index in [1.54, 1.807) is 0 Å². The van der Waals surface area contributed by atoms with E-state index in [0.717, 1.165) is 26.2 Å². The first-order chi connectivity index (χ1) is 5.29. The molecule has 0 aromatic rings. The Morgan fingerprint density at radius 2 is 2.27 bits per heavy atom. The molecular weight excluding hydrogens is 142 g/mol. The Kier molecular flexibility index (Phi) is 3.32. The van der Waals surface area contributed by atoms with Crippen LogP contribution in [0.3, 0.4) is 0 Å². The van der Waals surface area contributed by atoms with Crippen molar-refractivity contribution in [2.45, 2.75) is 13.0 Å². The molecule has 4 nitrogen and oxygen atoms in total. The first kappa shape index (κ1) is 8.49. The molecule has 1 aliphatic heterocycles. The molecule has 0 atom stereocenters. The minimum absolute atomic E-state index is 0.0403. The van der Waals surface area contributed by atoms with E-state index in [4.69, 9.17) is 0 Å². The van der Waals surface area contributed by atoms with Gasteiger partial charge in [0.25, 0.3) is 0 Å². The summed E-state index contributed by atoms with van der Waals surface area (Å²) < 4.78 is 0. The van der Waals surface area contributed by atoms with Crippen molar-refractivity contribution >= 4 is 5.91 Å². The number of rotatable bonds is 4. The Hall–Kier alpha value is -0.610. The van der Waals surface area contributed by atoms with Crippen molar-refractivity contribution < 1.29 is 4.79 Å². The molecule has 1 heterocycles. The lowest BCUT2D eigenvalue weighted by Crippen LogP contribution is -2.56. The van der Waals surface area contributed by atoms with E-state index in [1.165, 1.54) is 6.92 Å². The highest BCUT2D eigenvalue weighted by atomic mass is 16.1. The number of hydrogen-bond donors (Lipinski definition) is 3. The van der Waals surface area contributed by atoms with Crippen LogP contribution in [-0.2, 0) is 4.79 Å². The van der Waals surface area contributed by atoms with Crippen molar-refractivity contribution in [3.05, 3.63) is 0 Å². The Morgan fingerprint density at radius 1 is 1.55 bits per heavy atom. The van der Waals surface area contributed by atoms with Gasteiger partial charge in [0.2, 0.25) is 5.91 Å². The van der Waals surface area contributed by atoms with Crippen LogP contribution < -0.4 is 16.0 Å². The molecule has 0 aliphatic carbocycles. The summed E-state index contributed by atoms with van der Waals surface area (Å²) in [5, 5.41) is 9.19. The van der Waals surface area contributed by atoms with Gasteiger partial charge < -0.3 is 16.0 Å². The second-order valence-corrected chi connectivity index (χ2v) is 2.79. The second-order valence-electron chi connectivity index (χ2n) is 2.79. The number of amides is 1. The molecule has 1 aliphatic rings. The van der Waals surface area contributed by atoms with Crippen LogP contribution in [0.5, 0.6) is 0 Å². The van der Waals surface area contributed by atoms with Gasteiger partial charge in [-0.1, -0.05) is 0 Å². The standard InChI is InChI=1S/C7H15N3O/c1-6(11)9-2-3-10-7-4-8-5-7/h7-8,10H,2-5H2,1H3,(H,9,11). The Balaban J connectivity index is 1.83. The molecular formula is C7H15N3O. The predicted octanol–water partition coefficient (Wildman–Crippen LogP) is -1.32. The topological polar surface area (TPSA) is 53.2 Å². The van der Waals surface area contributed by atoms with E-state index in [-0.39, 0.29) is 5.91 Å². The lowest BCUT2D eigenvalue weighted by Gasteiger charge is -2.28. The van der Waals surface area contributed by atoms with E-state index >= 15 is 0 Å². The monoisotopic (exact) mass is 157 g/mol. The van der Waals surface area contributed by atoms with Crippen molar-refractivity contribution in [1.82, 2.24) is 16.0 Å². The fourth-order valence-corrected chi connectivity index (χ4v) is 0.948. The van der Waals surface area contributed by atoms with Gasteiger partial charge in [-0.05, 0) is 0 Å². The molecule has 0 unspecified atom stereocenters.